The molecule has 18 heavy (non-hydrogen) atoms. The van der Waals surface area contributed by atoms with Gasteiger partial charge in [0.15, 0.2) is 0 Å². The molecule has 0 spiro atoms. The maximum atomic E-state index is 11.9. The second-order valence-corrected chi connectivity index (χ2v) is 6.71. The predicted octanol–water partition coefficient (Wildman–Crippen LogP) is 3.13. The number of hydrogen-bond donors (Lipinski definition) is 1. The predicted molar refractivity (Wildman–Crippen MR) is 74.4 cm³/mol. The maximum Gasteiger partial charge on any atom is 0.310 e. The molecule has 1 aliphatic rings. The molecule has 1 N–H and O–H groups in total. The van der Waals surface area contributed by atoms with E-state index < -0.39 is 0 Å². The Balaban J connectivity index is 2.31. The second-order valence-electron chi connectivity index (χ2n) is 6.71. The van der Waals surface area contributed by atoms with Crippen LogP contribution in [0.15, 0.2) is 0 Å². The van der Waals surface area contributed by atoms with Crippen molar-refractivity contribution in [3.8, 4) is 0 Å². The zero-order valence-corrected chi connectivity index (χ0v) is 12.6. The number of carbonyl (C=O) groups excluding carboxylic acids is 1. The number of ether oxygens (including phenoxy) is 1. The van der Waals surface area contributed by atoms with Gasteiger partial charge in [-0.15, -0.1) is 0 Å². The second kappa shape index (κ2) is 6.55. The minimum absolute atomic E-state index is 0.0710. The monoisotopic (exact) mass is 255 g/mol. The van der Waals surface area contributed by atoms with Crippen LogP contribution in [0.5, 0.6) is 0 Å². The molecule has 3 nitrogen and oxygen atoms in total. The van der Waals surface area contributed by atoms with E-state index in [1.807, 2.05) is 27.7 Å². The van der Waals surface area contributed by atoms with Crippen LogP contribution in [0.3, 0.4) is 0 Å². The molecule has 0 aliphatic heterocycles. The van der Waals surface area contributed by atoms with Crippen LogP contribution < -0.4 is 5.32 Å². The number of carbonyl (C=O) groups is 1. The zero-order valence-electron chi connectivity index (χ0n) is 12.6. The third-order valence-corrected chi connectivity index (χ3v) is 3.61. The quantitative estimate of drug-likeness (QED) is 0.784. The van der Waals surface area contributed by atoms with Gasteiger partial charge in [0, 0.05) is 12.6 Å². The first kappa shape index (κ1) is 15.5. The lowest BCUT2D eigenvalue weighted by atomic mass is 9.86. The van der Waals surface area contributed by atoms with Gasteiger partial charge in [0.25, 0.3) is 0 Å². The standard InChI is InChI=1S/C15H29NO2/c1-11-8-6-7-9-13(11)16-10-12(2)14(17)18-15(3,4)5/h11-13,16H,6-10H2,1-5H3/t11-,12+,13+/m0/s1. The van der Waals surface area contributed by atoms with Crippen LogP contribution in [-0.4, -0.2) is 24.2 Å². The average molecular weight is 255 g/mol. The van der Waals surface area contributed by atoms with Crippen LogP contribution >= 0.6 is 0 Å². The van der Waals surface area contributed by atoms with Gasteiger partial charge in [-0.2, -0.15) is 0 Å². The Morgan fingerprint density at radius 2 is 1.94 bits per heavy atom. The molecule has 1 fully saturated rings. The molecule has 0 aromatic carbocycles. The van der Waals surface area contributed by atoms with Gasteiger partial charge in [-0.1, -0.05) is 26.7 Å². The fourth-order valence-electron chi connectivity index (χ4n) is 2.43. The van der Waals surface area contributed by atoms with Crippen molar-refractivity contribution in [3.05, 3.63) is 0 Å². The smallest absolute Gasteiger partial charge is 0.310 e. The van der Waals surface area contributed by atoms with E-state index in [1.165, 1.54) is 25.7 Å². The summed E-state index contributed by atoms with van der Waals surface area (Å²) in [5.41, 5.74) is -0.385. The Morgan fingerprint density at radius 1 is 1.33 bits per heavy atom. The number of rotatable bonds is 4. The largest absolute Gasteiger partial charge is 0.460 e. The van der Waals surface area contributed by atoms with Crippen molar-refractivity contribution in [2.75, 3.05) is 6.54 Å². The normalized spacial score (nSPS) is 26.7. The first-order valence-corrected chi connectivity index (χ1v) is 7.26. The Bertz CT molecular complexity index is 270. The van der Waals surface area contributed by atoms with Crippen molar-refractivity contribution >= 4 is 5.97 Å². The van der Waals surface area contributed by atoms with Gasteiger partial charge in [0.05, 0.1) is 5.92 Å². The highest BCUT2D eigenvalue weighted by atomic mass is 16.6. The van der Waals surface area contributed by atoms with Gasteiger partial charge in [0.1, 0.15) is 5.60 Å². The van der Waals surface area contributed by atoms with Crippen molar-refractivity contribution in [3.63, 3.8) is 0 Å². The molecule has 0 radical (unpaired) electrons. The van der Waals surface area contributed by atoms with E-state index in [2.05, 4.69) is 12.2 Å². The summed E-state index contributed by atoms with van der Waals surface area (Å²) >= 11 is 0. The Kier molecular flexibility index (Phi) is 5.64. The van der Waals surface area contributed by atoms with Crippen molar-refractivity contribution < 1.29 is 9.53 Å². The van der Waals surface area contributed by atoms with Crippen molar-refractivity contribution in [2.24, 2.45) is 11.8 Å². The number of hydrogen-bond acceptors (Lipinski definition) is 3. The van der Waals surface area contributed by atoms with E-state index in [9.17, 15) is 4.79 Å². The van der Waals surface area contributed by atoms with Crippen LogP contribution in [-0.2, 0) is 9.53 Å². The van der Waals surface area contributed by atoms with Crippen molar-refractivity contribution in [2.45, 2.75) is 71.9 Å². The summed E-state index contributed by atoms with van der Waals surface area (Å²) in [5.74, 6) is 0.557. The van der Waals surface area contributed by atoms with Gasteiger partial charge in [-0.25, -0.2) is 0 Å². The topological polar surface area (TPSA) is 38.3 Å². The molecule has 0 aromatic heterocycles. The summed E-state index contributed by atoms with van der Waals surface area (Å²) in [6.45, 7) is 10.7. The lowest BCUT2D eigenvalue weighted by molar-refractivity contribution is -0.159. The van der Waals surface area contributed by atoms with Gasteiger partial charge < -0.3 is 10.1 Å². The van der Waals surface area contributed by atoms with Crippen molar-refractivity contribution in [1.29, 1.82) is 0 Å². The molecule has 0 aromatic rings. The van der Waals surface area contributed by atoms with Crippen molar-refractivity contribution in [1.82, 2.24) is 5.32 Å². The van der Waals surface area contributed by atoms with Gasteiger partial charge >= 0.3 is 5.97 Å². The molecule has 106 valence electrons. The molecule has 1 rings (SSSR count). The Labute approximate surface area is 112 Å². The van der Waals surface area contributed by atoms with E-state index >= 15 is 0 Å². The third-order valence-electron chi connectivity index (χ3n) is 3.61. The summed E-state index contributed by atoms with van der Waals surface area (Å²) in [7, 11) is 0. The van der Waals surface area contributed by atoms with Crippen LogP contribution in [0, 0.1) is 11.8 Å². The Hall–Kier alpha value is -0.570. The summed E-state index contributed by atoms with van der Waals surface area (Å²) in [5, 5.41) is 3.54. The summed E-state index contributed by atoms with van der Waals surface area (Å²) in [6.07, 6.45) is 5.20. The fraction of sp³-hybridized carbons (Fsp3) is 0.933. The van der Waals surface area contributed by atoms with Crippen LogP contribution in [0.4, 0.5) is 0 Å². The van der Waals surface area contributed by atoms with Gasteiger partial charge in [-0.05, 0) is 39.5 Å². The van der Waals surface area contributed by atoms with Crippen LogP contribution in [0.2, 0.25) is 0 Å². The Morgan fingerprint density at radius 3 is 2.50 bits per heavy atom. The van der Waals surface area contributed by atoms with Crippen LogP contribution in [0.25, 0.3) is 0 Å². The van der Waals surface area contributed by atoms with E-state index in [0.717, 1.165) is 12.5 Å². The molecule has 0 saturated heterocycles. The van der Waals surface area contributed by atoms with Crippen LogP contribution in [0.1, 0.15) is 60.3 Å². The molecule has 3 heteroatoms. The molecule has 0 bridgehead atoms. The van der Waals surface area contributed by atoms with E-state index in [0.29, 0.717) is 6.04 Å². The molecular weight excluding hydrogens is 226 g/mol. The first-order valence-electron chi connectivity index (χ1n) is 7.26. The summed E-state index contributed by atoms with van der Waals surface area (Å²) in [6, 6.07) is 0.573. The van der Waals surface area contributed by atoms with E-state index in [4.69, 9.17) is 4.74 Å². The first-order chi connectivity index (χ1) is 8.29. The minimum atomic E-state index is -0.385. The fourth-order valence-corrected chi connectivity index (χ4v) is 2.43. The highest BCUT2D eigenvalue weighted by molar-refractivity contribution is 5.72. The molecule has 0 heterocycles. The maximum absolute atomic E-state index is 11.9. The number of esters is 1. The van der Waals surface area contributed by atoms with E-state index in [-0.39, 0.29) is 17.5 Å². The summed E-state index contributed by atoms with van der Waals surface area (Å²) in [4.78, 5) is 11.9. The van der Waals surface area contributed by atoms with E-state index in [1.54, 1.807) is 0 Å². The molecule has 0 unspecified atom stereocenters. The lowest BCUT2D eigenvalue weighted by Crippen LogP contribution is -2.41. The minimum Gasteiger partial charge on any atom is -0.460 e. The van der Waals surface area contributed by atoms with Gasteiger partial charge in [0.2, 0.25) is 0 Å². The molecule has 1 aliphatic carbocycles. The highest BCUT2D eigenvalue weighted by Crippen LogP contribution is 2.23. The molecule has 1 saturated carbocycles. The van der Waals surface area contributed by atoms with Gasteiger partial charge in [-0.3, -0.25) is 4.79 Å². The molecule has 0 amide bonds. The molecule has 3 atom stereocenters. The highest BCUT2D eigenvalue weighted by Gasteiger charge is 2.25. The number of nitrogens with one attached hydrogen (secondary N) is 1. The lowest BCUT2D eigenvalue weighted by Gasteiger charge is -2.31. The zero-order chi connectivity index (χ0) is 13.8. The molecular formula is C15H29NO2. The third kappa shape index (κ3) is 5.38. The SMILES string of the molecule is C[C@H](CN[C@@H]1CCCC[C@@H]1C)C(=O)OC(C)(C)C. The summed E-state index contributed by atoms with van der Waals surface area (Å²) < 4.78 is 5.39. The average Bonchev–Trinajstić information content (AvgIpc) is 2.25.